The van der Waals surface area contributed by atoms with Crippen LogP contribution in [0.5, 0.6) is 0 Å². The highest BCUT2D eigenvalue weighted by Crippen LogP contribution is 2.27. The largest absolute Gasteiger partial charge is 0.381 e. The van der Waals surface area contributed by atoms with E-state index in [0.29, 0.717) is 42.7 Å². The van der Waals surface area contributed by atoms with Gasteiger partial charge < -0.3 is 18.6 Å². The molecule has 0 saturated carbocycles. The van der Waals surface area contributed by atoms with E-state index in [4.69, 9.17) is 14.0 Å². The topological polar surface area (TPSA) is 99.9 Å². The molecule has 10 nitrogen and oxygen atoms in total. The number of morpholine rings is 1. The van der Waals surface area contributed by atoms with Crippen LogP contribution in [-0.4, -0.2) is 75.1 Å². The normalized spacial score (nSPS) is 19.9. The fourth-order valence-corrected chi connectivity index (χ4v) is 4.55. The van der Waals surface area contributed by atoms with Crippen LogP contribution in [0, 0.1) is 0 Å². The Labute approximate surface area is 183 Å². The van der Waals surface area contributed by atoms with Gasteiger partial charge in [0.05, 0.1) is 36.8 Å². The fourth-order valence-electron chi connectivity index (χ4n) is 4.55. The molecule has 32 heavy (non-hydrogen) atoms. The zero-order valence-corrected chi connectivity index (χ0v) is 17.6. The van der Waals surface area contributed by atoms with Crippen LogP contribution in [0.4, 0.5) is 0 Å². The van der Waals surface area contributed by atoms with E-state index in [1.54, 1.807) is 6.33 Å². The van der Waals surface area contributed by atoms with Crippen molar-refractivity contribution in [2.75, 3.05) is 46.1 Å². The molecule has 166 valence electrons. The molecule has 2 aliphatic heterocycles. The molecule has 2 fully saturated rings. The lowest BCUT2D eigenvalue weighted by atomic mass is 10.1. The Bertz CT molecular complexity index is 1310. The standard InChI is InChI=1S/C22H24N6O4/c29-22-19-18(20-24-21(32-25-20)15-5-10-31-13-15)23-14-28(19)17-4-2-1-3-16(17)27(22)7-6-26-8-11-30-12-9-26/h1-4,14-15H,5-13H2. The average Bonchev–Trinajstić information content (AvgIpc) is 3.60. The molecule has 0 radical (unpaired) electrons. The number of fused-ring (bicyclic) bond motifs is 3. The van der Waals surface area contributed by atoms with E-state index in [-0.39, 0.29) is 11.5 Å². The Kier molecular flexibility index (Phi) is 4.97. The average molecular weight is 436 g/mol. The fraction of sp³-hybridized carbons (Fsp3) is 0.455. The van der Waals surface area contributed by atoms with Crippen LogP contribution in [0.2, 0.25) is 0 Å². The maximum atomic E-state index is 13.7. The zero-order valence-electron chi connectivity index (χ0n) is 17.6. The van der Waals surface area contributed by atoms with Crippen molar-refractivity contribution < 1.29 is 14.0 Å². The lowest BCUT2D eigenvalue weighted by molar-refractivity contribution is 0.0364. The molecule has 0 amide bonds. The second kappa shape index (κ2) is 8.12. The minimum Gasteiger partial charge on any atom is -0.381 e. The Morgan fingerprint density at radius 1 is 1.03 bits per heavy atom. The summed E-state index contributed by atoms with van der Waals surface area (Å²) in [6, 6.07) is 7.88. The van der Waals surface area contributed by atoms with E-state index in [2.05, 4.69) is 20.0 Å². The number of ether oxygens (including phenoxy) is 2. The number of hydrogen-bond donors (Lipinski definition) is 0. The van der Waals surface area contributed by atoms with E-state index >= 15 is 0 Å². The lowest BCUT2D eigenvalue weighted by Gasteiger charge is -2.27. The molecule has 0 bridgehead atoms. The van der Waals surface area contributed by atoms with Gasteiger partial charge in [0, 0.05) is 32.8 Å². The third-order valence-electron chi connectivity index (χ3n) is 6.32. The molecule has 1 unspecified atom stereocenters. The van der Waals surface area contributed by atoms with E-state index in [0.717, 1.165) is 50.3 Å². The van der Waals surface area contributed by atoms with Gasteiger partial charge in [0.1, 0.15) is 17.5 Å². The number of nitrogens with zero attached hydrogens (tertiary/aromatic N) is 6. The summed E-state index contributed by atoms with van der Waals surface area (Å²) in [5.41, 5.74) is 2.57. The molecule has 3 aromatic heterocycles. The van der Waals surface area contributed by atoms with Gasteiger partial charge in [0.25, 0.3) is 5.56 Å². The molecule has 1 aromatic carbocycles. The molecule has 0 spiro atoms. The van der Waals surface area contributed by atoms with Crippen molar-refractivity contribution in [2.24, 2.45) is 0 Å². The second-order valence-corrected chi connectivity index (χ2v) is 8.23. The molecule has 5 heterocycles. The summed E-state index contributed by atoms with van der Waals surface area (Å²) in [6.45, 7) is 5.84. The van der Waals surface area contributed by atoms with Gasteiger partial charge in [-0.25, -0.2) is 4.98 Å². The molecule has 6 rings (SSSR count). The van der Waals surface area contributed by atoms with Crippen molar-refractivity contribution in [1.82, 2.24) is 29.0 Å². The first-order valence-electron chi connectivity index (χ1n) is 11.0. The van der Waals surface area contributed by atoms with Gasteiger partial charge in [-0.3, -0.25) is 14.1 Å². The molecule has 2 aliphatic rings. The van der Waals surface area contributed by atoms with Crippen molar-refractivity contribution in [3.63, 3.8) is 0 Å². The van der Waals surface area contributed by atoms with Gasteiger partial charge in [-0.2, -0.15) is 4.98 Å². The first kappa shape index (κ1) is 19.6. The molecule has 10 heteroatoms. The van der Waals surface area contributed by atoms with Crippen molar-refractivity contribution >= 4 is 16.6 Å². The third-order valence-corrected chi connectivity index (χ3v) is 6.32. The Morgan fingerprint density at radius 3 is 2.69 bits per heavy atom. The highest BCUT2D eigenvalue weighted by Gasteiger charge is 2.26. The first-order chi connectivity index (χ1) is 15.8. The van der Waals surface area contributed by atoms with Crippen LogP contribution in [-0.2, 0) is 16.0 Å². The smallest absolute Gasteiger partial charge is 0.277 e. The molecular formula is C22H24N6O4. The van der Waals surface area contributed by atoms with Crippen LogP contribution >= 0.6 is 0 Å². The van der Waals surface area contributed by atoms with Gasteiger partial charge in [-0.1, -0.05) is 17.3 Å². The molecule has 0 N–H and O–H groups in total. The number of aromatic nitrogens is 5. The van der Waals surface area contributed by atoms with Crippen molar-refractivity contribution in [1.29, 1.82) is 0 Å². The zero-order chi connectivity index (χ0) is 21.5. The number of para-hydroxylation sites is 2. The molecule has 0 aliphatic carbocycles. The summed E-state index contributed by atoms with van der Waals surface area (Å²) in [6.07, 6.45) is 2.51. The highest BCUT2D eigenvalue weighted by molar-refractivity contribution is 5.83. The predicted molar refractivity (Wildman–Crippen MR) is 116 cm³/mol. The maximum Gasteiger partial charge on any atom is 0.277 e. The Hall–Kier alpha value is -3.08. The Morgan fingerprint density at radius 2 is 1.88 bits per heavy atom. The summed E-state index contributed by atoms with van der Waals surface area (Å²) < 4.78 is 20.0. The van der Waals surface area contributed by atoms with Crippen LogP contribution in [0.3, 0.4) is 0 Å². The van der Waals surface area contributed by atoms with E-state index in [9.17, 15) is 4.79 Å². The van der Waals surface area contributed by atoms with Crippen LogP contribution < -0.4 is 5.56 Å². The molecular weight excluding hydrogens is 412 g/mol. The minimum atomic E-state index is -0.111. The van der Waals surface area contributed by atoms with Crippen molar-refractivity contribution in [3.05, 3.63) is 46.8 Å². The monoisotopic (exact) mass is 436 g/mol. The van der Waals surface area contributed by atoms with Crippen LogP contribution in [0.15, 0.2) is 39.9 Å². The second-order valence-electron chi connectivity index (χ2n) is 8.23. The lowest BCUT2D eigenvalue weighted by Crippen LogP contribution is -2.39. The predicted octanol–water partition coefficient (Wildman–Crippen LogP) is 1.54. The van der Waals surface area contributed by atoms with E-state index in [1.165, 1.54) is 0 Å². The van der Waals surface area contributed by atoms with Crippen molar-refractivity contribution in [3.8, 4) is 11.5 Å². The summed E-state index contributed by atoms with van der Waals surface area (Å²) in [5, 5.41) is 4.14. The minimum absolute atomic E-state index is 0.0936. The number of hydrogen-bond acceptors (Lipinski definition) is 8. The van der Waals surface area contributed by atoms with Gasteiger partial charge >= 0.3 is 0 Å². The van der Waals surface area contributed by atoms with Gasteiger partial charge in [-0.15, -0.1) is 0 Å². The summed E-state index contributed by atoms with van der Waals surface area (Å²) in [5.74, 6) is 0.963. The van der Waals surface area contributed by atoms with Crippen LogP contribution in [0.25, 0.3) is 28.1 Å². The van der Waals surface area contributed by atoms with Gasteiger partial charge in [0.2, 0.25) is 11.7 Å². The molecule has 2 saturated heterocycles. The van der Waals surface area contributed by atoms with Crippen molar-refractivity contribution in [2.45, 2.75) is 18.9 Å². The number of imidazole rings is 1. The first-order valence-corrected chi connectivity index (χ1v) is 11.0. The quantitative estimate of drug-likeness (QED) is 0.464. The summed E-state index contributed by atoms with van der Waals surface area (Å²) >= 11 is 0. The SMILES string of the molecule is O=c1c2c(-c3noc(C4CCOC4)n3)ncn2c2ccccc2n1CCN1CCOCC1. The number of benzene rings is 1. The summed E-state index contributed by atoms with van der Waals surface area (Å²) in [4.78, 5) is 25.1. The maximum absolute atomic E-state index is 13.7. The molecule has 1 atom stereocenters. The van der Waals surface area contributed by atoms with E-state index < -0.39 is 0 Å². The summed E-state index contributed by atoms with van der Waals surface area (Å²) in [7, 11) is 0. The van der Waals surface area contributed by atoms with Gasteiger partial charge in [0.15, 0.2) is 0 Å². The molecule has 4 aromatic rings. The van der Waals surface area contributed by atoms with E-state index in [1.807, 2.05) is 33.2 Å². The Balaban J connectivity index is 1.44. The third kappa shape index (κ3) is 3.31. The van der Waals surface area contributed by atoms with Gasteiger partial charge in [-0.05, 0) is 18.6 Å². The number of rotatable bonds is 5. The highest BCUT2D eigenvalue weighted by atomic mass is 16.5. The van der Waals surface area contributed by atoms with Crippen LogP contribution in [0.1, 0.15) is 18.2 Å².